The van der Waals surface area contributed by atoms with Crippen LogP contribution in [0.1, 0.15) is 43.0 Å². The van der Waals surface area contributed by atoms with Crippen molar-refractivity contribution in [3.63, 3.8) is 0 Å². The Balaban J connectivity index is 2.05. The average Bonchev–Trinajstić information content (AvgIpc) is 2.30. The van der Waals surface area contributed by atoms with E-state index in [9.17, 15) is 4.79 Å². The summed E-state index contributed by atoms with van der Waals surface area (Å²) < 4.78 is 0. The van der Waals surface area contributed by atoms with Crippen molar-refractivity contribution < 1.29 is 4.79 Å². The Morgan fingerprint density at radius 2 is 1.69 bits per heavy atom. The van der Waals surface area contributed by atoms with Crippen LogP contribution in [0.15, 0.2) is 24.3 Å². The van der Waals surface area contributed by atoms with Gasteiger partial charge in [-0.2, -0.15) is 0 Å². The number of nitrogen functional groups attached to an aromatic ring is 1. The summed E-state index contributed by atoms with van der Waals surface area (Å²) in [6, 6.07) is 7.29. The second kappa shape index (κ2) is 4.69. The molecule has 2 heteroatoms. The molecule has 0 spiro atoms. The number of hydrogen-bond donors (Lipinski definition) is 1. The molecule has 16 heavy (non-hydrogen) atoms. The first-order valence-electron chi connectivity index (χ1n) is 6.06. The smallest absolute Gasteiger partial charge is 0.165 e. The van der Waals surface area contributed by atoms with Gasteiger partial charge in [-0.25, -0.2) is 0 Å². The van der Waals surface area contributed by atoms with Gasteiger partial charge in [0.2, 0.25) is 0 Å². The minimum absolute atomic E-state index is 0.236. The van der Waals surface area contributed by atoms with Crippen LogP contribution < -0.4 is 5.73 Å². The Bertz CT molecular complexity index is 361. The minimum atomic E-state index is 0.236. The molecule has 2 nitrogen and oxygen atoms in total. The Kier molecular flexibility index (Phi) is 3.28. The predicted molar refractivity (Wildman–Crippen MR) is 66.3 cm³/mol. The maximum Gasteiger partial charge on any atom is 0.165 e. The van der Waals surface area contributed by atoms with Crippen LogP contribution >= 0.6 is 0 Å². The number of carbonyl (C=O) groups is 1. The molecular weight excluding hydrogens is 198 g/mol. The molecular formula is C14H19NO. The fourth-order valence-corrected chi connectivity index (χ4v) is 2.41. The summed E-state index contributed by atoms with van der Waals surface area (Å²) in [7, 11) is 0. The van der Waals surface area contributed by atoms with E-state index < -0.39 is 0 Å². The molecule has 2 rings (SSSR count). The number of ketones is 1. The van der Waals surface area contributed by atoms with Crippen molar-refractivity contribution in [2.75, 3.05) is 5.73 Å². The van der Waals surface area contributed by atoms with Crippen LogP contribution in [0.2, 0.25) is 0 Å². The van der Waals surface area contributed by atoms with Gasteiger partial charge in [0, 0.05) is 17.2 Å². The van der Waals surface area contributed by atoms with Crippen molar-refractivity contribution >= 4 is 11.5 Å². The molecule has 2 N–H and O–H groups in total. The van der Waals surface area contributed by atoms with E-state index >= 15 is 0 Å². The number of carbonyl (C=O) groups excluding carboxylic acids is 1. The molecule has 0 saturated heterocycles. The monoisotopic (exact) mass is 217 g/mol. The number of benzene rings is 1. The van der Waals surface area contributed by atoms with Crippen LogP contribution in [0.3, 0.4) is 0 Å². The summed E-state index contributed by atoms with van der Waals surface area (Å²) in [6.07, 6.45) is 4.46. The third-order valence-corrected chi connectivity index (χ3v) is 3.58. The number of nitrogens with two attached hydrogens (primary N) is 1. The maximum atomic E-state index is 12.2. The lowest BCUT2D eigenvalue weighted by molar-refractivity contribution is 0.0876. The van der Waals surface area contributed by atoms with E-state index in [1.165, 1.54) is 12.8 Å². The van der Waals surface area contributed by atoms with Gasteiger partial charge in [-0.15, -0.1) is 0 Å². The first-order chi connectivity index (χ1) is 7.66. The highest BCUT2D eigenvalue weighted by Crippen LogP contribution is 2.30. The summed E-state index contributed by atoms with van der Waals surface area (Å²) >= 11 is 0. The van der Waals surface area contributed by atoms with Gasteiger partial charge in [0.15, 0.2) is 5.78 Å². The van der Waals surface area contributed by atoms with Crippen molar-refractivity contribution in [3.8, 4) is 0 Å². The Hall–Kier alpha value is -1.31. The number of hydrogen-bond acceptors (Lipinski definition) is 2. The van der Waals surface area contributed by atoms with Crippen LogP contribution in [0.5, 0.6) is 0 Å². The molecule has 0 bridgehead atoms. The molecule has 0 aromatic heterocycles. The molecule has 1 aliphatic rings. The molecule has 0 amide bonds. The third kappa shape index (κ3) is 2.43. The van der Waals surface area contributed by atoms with E-state index in [-0.39, 0.29) is 5.92 Å². The second-order valence-electron chi connectivity index (χ2n) is 4.94. The summed E-state index contributed by atoms with van der Waals surface area (Å²) in [5, 5.41) is 0. The summed E-state index contributed by atoms with van der Waals surface area (Å²) in [4.78, 5) is 12.2. The molecule has 1 aromatic carbocycles. The van der Waals surface area contributed by atoms with Crippen LogP contribution in [0.4, 0.5) is 5.69 Å². The van der Waals surface area contributed by atoms with E-state index in [1.54, 1.807) is 12.1 Å². The Labute approximate surface area is 96.8 Å². The van der Waals surface area contributed by atoms with Crippen LogP contribution in [0.25, 0.3) is 0 Å². The van der Waals surface area contributed by atoms with E-state index in [4.69, 9.17) is 5.73 Å². The van der Waals surface area contributed by atoms with E-state index in [2.05, 4.69) is 6.92 Å². The normalized spacial score (nSPS) is 25.3. The van der Waals surface area contributed by atoms with Gasteiger partial charge in [-0.1, -0.05) is 19.8 Å². The van der Waals surface area contributed by atoms with Gasteiger partial charge in [0.1, 0.15) is 0 Å². The van der Waals surface area contributed by atoms with Crippen molar-refractivity contribution in [1.82, 2.24) is 0 Å². The van der Waals surface area contributed by atoms with Crippen LogP contribution in [-0.4, -0.2) is 5.78 Å². The molecule has 0 aliphatic heterocycles. The highest BCUT2D eigenvalue weighted by molar-refractivity contribution is 5.98. The lowest BCUT2D eigenvalue weighted by atomic mass is 9.79. The zero-order chi connectivity index (χ0) is 11.5. The first-order valence-corrected chi connectivity index (χ1v) is 6.06. The predicted octanol–water partition coefficient (Wildman–Crippen LogP) is 3.28. The number of Topliss-reactive ketones (excluding diaryl/α,β-unsaturated/α-hetero) is 1. The number of anilines is 1. The quantitative estimate of drug-likeness (QED) is 0.610. The summed E-state index contributed by atoms with van der Waals surface area (Å²) in [5.41, 5.74) is 7.14. The second-order valence-corrected chi connectivity index (χ2v) is 4.94. The molecule has 1 aromatic rings. The standard InChI is InChI=1S/C14H19NO/c1-10-2-4-11(5-3-10)14(16)12-6-8-13(15)9-7-12/h6-11H,2-5,15H2,1H3. The Morgan fingerprint density at radius 1 is 1.12 bits per heavy atom. The molecule has 1 aliphatic carbocycles. The topological polar surface area (TPSA) is 43.1 Å². The van der Waals surface area contributed by atoms with Gasteiger partial charge in [0.25, 0.3) is 0 Å². The van der Waals surface area contributed by atoms with E-state index in [1.807, 2.05) is 12.1 Å². The molecule has 1 fully saturated rings. The molecule has 0 heterocycles. The van der Waals surface area contributed by atoms with Gasteiger partial charge >= 0.3 is 0 Å². The largest absolute Gasteiger partial charge is 0.399 e. The molecule has 0 atom stereocenters. The zero-order valence-electron chi connectivity index (χ0n) is 9.78. The molecule has 86 valence electrons. The highest BCUT2D eigenvalue weighted by Gasteiger charge is 2.24. The summed E-state index contributed by atoms with van der Waals surface area (Å²) in [5.74, 6) is 1.32. The maximum absolute atomic E-state index is 12.2. The lowest BCUT2D eigenvalue weighted by Crippen LogP contribution is -2.20. The first kappa shape index (κ1) is 11.2. The lowest BCUT2D eigenvalue weighted by Gasteiger charge is -2.25. The molecule has 0 radical (unpaired) electrons. The number of rotatable bonds is 2. The van der Waals surface area contributed by atoms with Crippen LogP contribution in [0, 0.1) is 11.8 Å². The van der Waals surface area contributed by atoms with Gasteiger partial charge < -0.3 is 5.73 Å². The average molecular weight is 217 g/mol. The molecule has 0 unspecified atom stereocenters. The SMILES string of the molecule is CC1CCC(C(=O)c2ccc(N)cc2)CC1. The van der Waals surface area contributed by atoms with Crippen molar-refractivity contribution in [2.45, 2.75) is 32.6 Å². The van der Waals surface area contributed by atoms with Crippen molar-refractivity contribution in [3.05, 3.63) is 29.8 Å². The zero-order valence-corrected chi connectivity index (χ0v) is 9.78. The fourth-order valence-electron chi connectivity index (χ4n) is 2.41. The van der Waals surface area contributed by atoms with Gasteiger partial charge in [0.05, 0.1) is 0 Å². The molecule has 1 saturated carbocycles. The third-order valence-electron chi connectivity index (χ3n) is 3.58. The van der Waals surface area contributed by atoms with Gasteiger partial charge in [-0.05, 0) is 43.0 Å². The van der Waals surface area contributed by atoms with Crippen molar-refractivity contribution in [2.24, 2.45) is 11.8 Å². The van der Waals surface area contributed by atoms with Crippen molar-refractivity contribution in [1.29, 1.82) is 0 Å². The van der Waals surface area contributed by atoms with Gasteiger partial charge in [-0.3, -0.25) is 4.79 Å². The Morgan fingerprint density at radius 3 is 2.25 bits per heavy atom. The summed E-state index contributed by atoms with van der Waals surface area (Å²) in [6.45, 7) is 2.27. The van der Waals surface area contributed by atoms with E-state index in [0.717, 1.165) is 24.3 Å². The fraction of sp³-hybridized carbons (Fsp3) is 0.500. The van der Waals surface area contributed by atoms with E-state index in [0.29, 0.717) is 11.5 Å². The highest BCUT2D eigenvalue weighted by atomic mass is 16.1. The minimum Gasteiger partial charge on any atom is -0.399 e. The van der Waals surface area contributed by atoms with Crippen LogP contribution in [-0.2, 0) is 0 Å².